The number of likely N-dealkylation sites (tertiary alicyclic amines) is 1. The fourth-order valence-electron chi connectivity index (χ4n) is 5.38. The van der Waals surface area contributed by atoms with Crippen molar-refractivity contribution in [1.82, 2.24) is 14.8 Å². The zero-order chi connectivity index (χ0) is 24.3. The van der Waals surface area contributed by atoms with E-state index in [0.717, 1.165) is 47.8 Å². The molecular formula is C28H29FN4O2. The molecule has 7 heteroatoms. The number of amides is 2. The lowest BCUT2D eigenvalue weighted by atomic mass is 10.0. The molecule has 3 aromatic rings. The predicted molar refractivity (Wildman–Crippen MR) is 133 cm³/mol. The number of para-hydroxylation sites is 1. The summed E-state index contributed by atoms with van der Waals surface area (Å²) in [7, 11) is 0. The van der Waals surface area contributed by atoms with Gasteiger partial charge < -0.3 is 9.88 Å². The van der Waals surface area contributed by atoms with E-state index in [4.69, 9.17) is 0 Å². The van der Waals surface area contributed by atoms with Crippen LogP contribution in [0.1, 0.15) is 38.7 Å². The summed E-state index contributed by atoms with van der Waals surface area (Å²) >= 11 is 0. The van der Waals surface area contributed by atoms with Gasteiger partial charge in [-0.3, -0.25) is 19.5 Å². The van der Waals surface area contributed by atoms with Gasteiger partial charge in [-0.2, -0.15) is 0 Å². The van der Waals surface area contributed by atoms with Crippen molar-refractivity contribution in [2.24, 2.45) is 16.8 Å². The molecule has 0 bridgehead atoms. The second-order valence-corrected chi connectivity index (χ2v) is 10.6. The number of aliphatic imine (C=N–C) groups is 1. The van der Waals surface area contributed by atoms with Crippen LogP contribution in [0.15, 0.2) is 53.7 Å². The van der Waals surface area contributed by atoms with Gasteiger partial charge >= 0.3 is 0 Å². The molecule has 0 spiro atoms. The fraction of sp³-hybridized carbons (Fsp3) is 0.393. The second kappa shape index (κ2) is 8.04. The molecule has 1 atom stereocenters. The number of aromatic nitrogens is 1. The van der Waals surface area contributed by atoms with Crippen molar-refractivity contribution in [3.63, 3.8) is 0 Å². The molecule has 1 N–H and O–H groups in total. The minimum atomic E-state index is -0.945. The molecule has 6 rings (SSSR count). The molecular weight excluding hydrogens is 443 g/mol. The van der Waals surface area contributed by atoms with Crippen LogP contribution in [0.3, 0.4) is 0 Å². The number of nitrogens with one attached hydrogen (secondary N) is 1. The lowest BCUT2D eigenvalue weighted by molar-refractivity contribution is -0.131. The third-order valence-electron chi connectivity index (χ3n) is 7.48. The number of carbonyl (C=O) groups is 2. The number of amidine groups is 1. The van der Waals surface area contributed by atoms with Crippen molar-refractivity contribution >= 4 is 28.6 Å². The number of benzene rings is 2. The smallest absolute Gasteiger partial charge is 0.255 e. The molecule has 2 amide bonds. The molecule has 1 unspecified atom stereocenters. The summed E-state index contributed by atoms with van der Waals surface area (Å²) < 4.78 is 15.5. The number of rotatable bonds is 5. The van der Waals surface area contributed by atoms with Crippen LogP contribution in [-0.4, -0.2) is 57.6 Å². The summed E-state index contributed by atoms with van der Waals surface area (Å²) in [5, 5.41) is 1.03. The number of H-pyrrole nitrogens is 1. The van der Waals surface area contributed by atoms with Gasteiger partial charge in [0.05, 0.1) is 5.56 Å². The Bertz CT molecular complexity index is 1370. The van der Waals surface area contributed by atoms with Crippen molar-refractivity contribution in [3.05, 3.63) is 60.0 Å². The van der Waals surface area contributed by atoms with Gasteiger partial charge in [-0.1, -0.05) is 24.3 Å². The molecule has 6 nitrogen and oxygen atoms in total. The van der Waals surface area contributed by atoms with Crippen LogP contribution < -0.4 is 0 Å². The monoisotopic (exact) mass is 472 g/mol. The Hall–Kier alpha value is -3.48. The Balaban J connectivity index is 1.27. The maximum atomic E-state index is 15.5. The molecule has 180 valence electrons. The number of carbonyl (C=O) groups excluding carboxylic acids is 2. The highest BCUT2D eigenvalue weighted by molar-refractivity contribution is 6.15. The lowest BCUT2D eigenvalue weighted by Gasteiger charge is -2.24. The number of hydrogen-bond donors (Lipinski definition) is 1. The van der Waals surface area contributed by atoms with E-state index in [9.17, 15) is 9.59 Å². The quantitative estimate of drug-likeness (QED) is 0.590. The van der Waals surface area contributed by atoms with E-state index >= 15 is 4.39 Å². The van der Waals surface area contributed by atoms with E-state index in [-0.39, 0.29) is 23.7 Å². The highest BCUT2D eigenvalue weighted by Crippen LogP contribution is 2.35. The van der Waals surface area contributed by atoms with Crippen LogP contribution in [0.25, 0.3) is 22.0 Å². The van der Waals surface area contributed by atoms with E-state index in [0.29, 0.717) is 24.5 Å². The van der Waals surface area contributed by atoms with Crippen LogP contribution in [0.2, 0.25) is 0 Å². The number of fused-ring (bicyclic) bond motifs is 1. The first-order valence-electron chi connectivity index (χ1n) is 12.4. The zero-order valence-corrected chi connectivity index (χ0v) is 20.1. The van der Waals surface area contributed by atoms with Gasteiger partial charge in [0.2, 0.25) is 5.91 Å². The molecule has 3 heterocycles. The maximum absolute atomic E-state index is 15.5. The van der Waals surface area contributed by atoms with E-state index in [1.807, 2.05) is 41.4 Å². The van der Waals surface area contributed by atoms with Crippen molar-refractivity contribution in [2.45, 2.75) is 38.6 Å². The molecule has 1 aliphatic carbocycles. The summed E-state index contributed by atoms with van der Waals surface area (Å²) in [4.78, 5) is 37.2. The Morgan fingerprint density at radius 1 is 1.14 bits per heavy atom. The molecule has 1 aromatic heterocycles. The molecule has 3 aliphatic rings. The zero-order valence-electron chi connectivity index (χ0n) is 20.1. The van der Waals surface area contributed by atoms with E-state index in [2.05, 4.69) is 9.98 Å². The normalized spacial score (nSPS) is 21.7. The highest BCUT2D eigenvalue weighted by atomic mass is 19.1. The second-order valence-electron chi connectivity index (χ2n) is 10.6. The van der Waals surface area contributed by atoms with E-state index < -0.39 is 11.4 Å². The van der Waals surface area contributed by atoms with Crippen molar-refractivity contribution in [1.29, 1.82) is 0 Å². The average molecular weight is 473 g/mol. The van der Waals surface area contributed by atoms with Crippen molar-refractivity contribution in [3.8, 4) is 11.1 Å². The molecule has 0 radical (unpaired) electrons. The van der Waals surface area contributed by atoms with Crippen LogP contribution in [0.5, 0.6) is 0 Å². The third kappa shape index (κ3) is 3.83. The molecule has 2 fully saturated rings. The number of nitrogens with zero attached hydrogens (tertiary/aromatic N) is 3. The fourth-order valence-corrected chi connectivity index (χ4v) is 5.38. The summed E-state index contributed by atoms with van der Waals surface area (Å²) in [5.74, 6) is 0.458. The summed E-state index contributed by atoms with van der Waals surface area (Å²) in [6.45, 7) is 5.36. The number of hydrogen-bond acceptors (Lipinski definition) is 3. The average Bonchev–Trinajstić information content (AvgIpc) is 3.36. The van der Waals surface area contributed by atoms with Crippen LogP contribution in [0.4, 0.5) is 4.39 Å². The number of halogens is 1. The van der Waals surface area contributed by atoms with Crippen LogP contribution in [-0.2, 0) is 9.59 Å². The van der Waals surface area contributed by atoms with Gasteiger partial charge in [0.15, 0.2) is 0 Å². The topological polar surface area (TPSA) is 68.8 Å². The molecule has 1 saturated heterocycles. The number of aromatic amines is 1. The maximum Gasteiger partial charge on any atom is 0.255 e. The molecule has 35 heavy (non-hydrogen) atoms. The minimum Gasteiger partial charge on any atom is -0.361 e. The van der Waals surface area contributed by atoms with Crippen LogP contribution in [0, 0.1) is 17.7 Å². The Labute approximate surface area is 203 Å². The summed E-state index contributed by atoms with van der Waals surface area (Å²) in [6, 6.07) is 13.1. The molecule has 2 aromatic carbocycles. The minimum absolute atomic E-state index is 0.125. The Kier molecular flexibility index (Phi) is 5.06. The molecule has 1 saturated carbocycles. The van der Waals surface area contributed by atoms with Crippen molar-refractivity contribution < 1.29 is 14.0 Å². The van der Waals surface area contributed by atoms with Gasteiger partial charge in [-0.05, 0) is 62.8 Å². The first-order chi connectivity index (χ1) is 16.8. The largest absolute Gasteiger partial charge is 0.361 e. The highest BCUT2D eigenvalue weighted by Gasteiger charge is 2.44. The Morgan fingerprint density at radius 2 is 1.94 bits per heavy atom. The van der Waals surface area contributed by atoms with Gasteiger partial charge in [-0.25, -0.2) is 4.39 Å². The summed E-state index contributed by atoms with van der Waals surface area (Å²) in [5.41, 5.74) is 2.08. The Morgan fingerprint density at radius 3 is 2.71 bits per heavy atom. The first kappa shape index (κ1) is 22.0. The summed E-state index contributed by atoms with van der Waals surface area (Å²) in [6.07, 6.45) is 4.71. The predicted octanol–water partition coefficient (Wildman–Crippen LogP) is 4.60. The van der Waals surface area contributed by atoms with E-state index in [1.54, 1.807) is 24.8 Å². The van der Waals surface area contributed by atoms with Crippen molar-refractivity contribution in [2.75, 3.05) is 19.6 Å². The van der Waals surface area contributed by atoms with E-state index in [1.165, 1.54) is 6.07 Å². The van der Waals surface area contributed by atoms with Gasteiger partial charge in [-0.15, -0.1) is 0 Å². The van der Waals surface area contributed by atoms with Crippen LogP contribution >= 0.6 is 0 Å². The third-order valence-corrected chi connectivity index (χ3v) is 7.48. The molecule has 2 aliphatic heterocycles. The standard InChI is InChI=1S/C28H29FN4O2/c1-28(2)27(35)33(16-17-11-12-32(15-17)26(34)18-7-8-18)25(31-28)21-10-9-19(13-23(21)29)22-14-30-24-6-4-3-5-20(22)24/h3-6,9-10,13-14,17-18,30H,7-8,11-12,15-16H2,1-2H3. The first-order valence-corrected chi connectivity index (χ1v) is 12.4. The van der Waals surface area contributed by atoms with Gasteiger partial charge in [0.25, 0.3) is 5.91 Å². The van der Waals surface area contributed by atoms with Gasteiger partial charge in [0, 0.05) is 48.2 Å². The SMILES string of the molecule is CC1(C)N=C(c2ccc(-c3c[nH]c4ccccc34)cc2F)N(CC2CCN(C(=O)C3CC3)C2)C1=O. The van der Waals surface area contributed by atoms with Gasteiger partial charge in [0.1, 0.15) is 17.2 Å². The lowest BCUT2D eigenvalue weighted by Crippen LogP contribution is -2.43.